The second-order valence-corrected chi connectivity index (χ2v) is 11.6. The lowest BCUT2D eigenvalue weighted by Gasteiger charge is -2.33. The summed E-state index contributed by atoms with van der Waals surface area (Å²) in [5.74, 6) is -0.0541. The van der Waals surface area contributed by atoms with Crippen molar-refractivity contribution < 1.29 is 23.1 Å². The number of piperazine rings is 1. The lowest BCUT2D eigenvalue weighted by molar-refractivity contribution is -0.138. The van der Waals surface area contributed by atoms with Gasteiger partial charge in [-0.15, -0.1) is 0 Å². The Bertz CT molecular complexity index is 1600. The zero-order valence-corrected chi connectivity index (χ0v) is 24.7. The first-order valence-electron chi connectivity index (χ1n) is 13.6. The number of likely N-dealkylation sites (N-methyl/N-ethyl adjacent to an activating group) is 1. The number of hydrogen-bond donors (Lipinski definition) is 4. The Kier molecular flexibility index (Phi) is 8.85. The van der Waals surface area contributed by atoms with Gasteiger partial charge in [-0.1, -0.05) is 29.5 Å². The normalized spacial score (nSPS) is 14.5. The van der Waals surface area contributed by atoms with Gasteiger partial charge in [-0.3, -0.25) is 9.69 Å². The quantitative estimate of drug-likeness (QED) is 0.171. The van der Waals surface area contributed by atoms with E-state index >= 15 is 0 Å². The fraction of sp³-hybridized carbons (Fsp3) is 0.300. The molecule has 9 nitrogen and oxygen atoms in total. The monoisotopic (exact) mass is 611 g/mol. The lowest BCUT2D eigenvalue weighted by atomic mass is 10.0. The number of anilines is 5. The van der Waals surface area contributed by atoms with Crippen LogP contribution in [0.25, 0.3) is 0 Å². The number of halogens is 3. The van der Waals surface area contributed by atoms with E-state index in [-0.39, 0.29) is 17.9 Å². The number of benzene rings is 2. The molecule has 1 fully saturated rings. The molecular weight excluding hydrogens is 579 g/mol. The summed E-state index contributed by atoms with van der Waals surface area (Å²) in [7, 11) is 2.01. The van der Waals surface area contributed by atoms with Crippen molar-refractivity contribution >= 4 is 45.3 Å². The molecule has 0 unspecified atom stereocenters. The maximum atomic E-state index is 14.1. The van der Waals surface area contributed by atoms with Gasteiger partial charge in [0.2, 0.25) is 0 Å². The Morgan fingerprint density at radius 1 is 1.02 bits per heavy atom. The number of phenolic OH excluding ortho intramolecular Hbond substituents is 1. The zero-order chi connectivity index (χ0) is 30.7. The molecule has 0 radical (unpaired) electrons. The number of thiazole rings is 1. The van der Waals surface area contributed by atoms with Crippen molar-refractivity contribution in [2.75, 3.05) is 49.2 Å². The number of para-hydroxylation sites is 1. The van der Waals surface area contributed by atoms with Gasteiger partial charge in [-0.05, 0) is 56.3 Å². The molecule has 2 aromatic heterocycles. The average molecular weight is 612 g/mol. The number of carbonyl (C=O) groups is 1. The minimum absolute atomic E-state index is 0.0350. The Morgan fingerprint density at radius 2 is 1.79 bits per heavy atom. The molecule has 226 valence electrons. The summed E-state index contributed by atoms with van der Waals surface area (Å²) in [6, 6.07) is 12.7. The van der Waals surface area contributed by atoms with E-state index in [1.165, 1.54) is 18.3 Å². The van der Waals surface area contributed by atoms with E-state index in [9.17, 15) is 23.1 Å². The van der Waals surface area contributed by atoms with Crippen molar-refractivity contribution in [3.8, 4) is 5.75 Å². The number of amides is 1. The molecule has 13 heteroatoms. The van der Waals surface area contributed by atoms with Crippen molar-refractivity contribution in [3.05, 3.63) is 82.0 Å². The molecule has 1 saturated heterocycles. The molecule has 0 saturated carbocycles. The number of hydrogen-bond acceptors (Lipinski definition) is 9. The maximum Gasteiger partial charge on any atom is 0.416 e. The molecule has 1 amide bonds. The van der Waals surface area contributed by atoms with E-state index in [0.717, 1.165) is 43.6 Å². The third-order valence-corrected chi connectivity index (χ3v) is 8.01. The summed E-state index contributed by atoms with van der Waals surface area (Å²) >= 11 is 1.10. The lowest BCUT2D eigenvalue weighted by Crippen LogP contribution is -2.44. The molecule has 4 N–H and O–H groups in total. The zero-order valence-electron chi connectivity index (χ0n) is 23.9. The van der Waals surface area contributed by atoms with Gasteiger partial charge in [0.1, 0.15) is 16.4 Å². The van der Waals surface area contributed by atoms with Crippen LogP contribution in [-0.4, -0.2) is 64.0 Å². The number of rotatable bonds is 8. The second-order valence-electron chi connectivity index (χ2n) is 10.5. The van der Waals surface area contributed by atoms with Gasteiger partial charge in [0, 0.05) is 55.9 Å². The molecule has 1 aliphatic heterocycles. The van der Waals surface area contributed by atoms with Crippen LogP contribution in [0.1, 0.15) is 32.1 Å². The summed E-state index contributed by atoms with van der Waals surface area (Å²) in [4.78, 5) is 26.0. The van der Waals surface area contributed by atoms with Gasteiger partial charge in [0.25, 0.3) is 5.91 Å². The van der Waals surface area contributed by atoms with Gasteiger partial charge in [0.15, 0.2) is 5.13 Å². The minimum atomic E-state index is -4.49. The molecule has 2 aromatic carbocycles. The van der Waals surface area contributed by atoms with Crippen LogP contribution in [0.5, 0.6) is 5.75 Å². The summed E-state index contributed by atoms with van der Waals surface area (Å²) < 4.78 is 42.2. The van der Waals surface area contributed by atoms with Crippen LogP contribution in [0.4, 0.5) is 41.2 Å². The van der Waals surface area contributed by atoms with Gasteiger partial charge in [-0.25, -0.2) is 9.97 Å². The van der Waals surface area contributed by atoms with Crippen LogP contribution < -0.4 is 16.0 Å². The van der Waals surface area contributed by atoms with E-state index in [4.69, 9.17) is 0 Å². The first-order valence-corrected chi connectivity index (χ1v) is 14.5. The van der Waals surface area contributed by atoms with Gasteiger partial charge in [0.05, 0.1) is 17.4 Å². The van der Waals surface area contributed by atoms with Crippen LogP contribution in [0, 0.1) is 13.8 Å². The summed E-state index contributed by atoms with van der Waals surface area (Å²) in [6.07, 6.45) is -3.08. The van der Waals surface area contributed by atoms with Gasteiger partial charge < -0.3 is 26.0 Å². The van der Waals surface area contributed by atoms with Crippen molar-refractivity contribution in [1.29, 1.82) is 0 Å². The second kappa shape index (κ2) is 12.6. The topological polar surface area (TPSA) is 106 Å². The minimum Gasteiger partial charge on any atom is -0.506 e. The van der Waals surface area contributed by atoms with Crippen LogP contribution in [0.15, 0.2) is 54.7 Å². The van der Waals surface area contributed by atoms with Crippen LogP contribution in [0.2, 0.25) is 0 Å². The fourth-order valence-corrected chi connectivity index (χ4v) is 5.53. The number of aromatic hydroxyl groups is 1. The highest BCUT2D eigenvalue weighted by Gasteiger charge is 2.34. The van der Waals surface area contributed by atoms with E-state index in [1.807, 2.05) is 11.9 Å². The molecule has 0 aliphatic carbocycles. The number of phenols is 1. The van der Waals surface area contributed by atoms with Crippen molar-refractivity contribution in [2.24, 2.45) is 0 Å². The number of carbonyl (C=O) groups excluding carboxylic acids is 1. The summed E-state index contributed by atoms with van der Waals surface area (Å²) in [5, 5.41) is 19.3. The number of alkyl halides is 3. The van der Waals surface area contributed by atoms with Crippen molar-refractivity contribution in [2.45, 2.75) is 26.6 Å². The Balaban J connectivity index is 1.29. The molecule has 5 rings (SSSR count). The van der Waals surface area contributed by atoms with Crippen LogP contribution >= 0.6 is 11.3 Å². The Labute approximate surface area is 251 Å². The molecular formula is C30H32F3N7O2S. The Hall–Kier alpha value is -4.20. The number of pyridine rings is 1. The first kappa shape index (κ1) is 30.3. The highest BCUT2D eigenvalue weighted by molar-refractivity contribution is 7.17. The number of nitrogens with one attached hydrogen (secondary N) is 3. The third kappa shape index (κ3) is 7.61. The van der Waals surface area contributed by atoms with E-state index in [2.05, 4.69) is 30.8 Å². The standard InChI is InChI=1S/C30H32F3N7O2S/c1-18-5-4-6-24(41)27(18)38-28(42)25-16-34-29(43-25)37-26-15-22(13-19(2)35-26)36-21-8-7-20(23(14-21)30(31,32)33)17-40-11-9-39(3)10-12-40/h4-8,13-16,41H,9-12,17H2,1-3H3,(H,38,42)(H2,34,35,36,37). The van der Waals surface area contributed by atoms with E-state index in [0.29, 0.717) is 44.1 Å². The third-order valence-electron chi connectivity index (χ3n) is 7.10. The van der Waals surface area contributed by atoms with E-state index in [1.54, 1.807) is 44.2 Å². The van der Waals surface area contributed by atoms with E-state index < -0.39 is 17.6 Å². The van der Waals surface area contributed by atoms with Crippen molar-refractivity contribution in [1.82, 2.24) is 19.8 Å². The molecule has 0 spiro atoms. The molecule has 0 atom stereocenters. The summed E-state index contributed by atoms with van der Waals surface area (Å²) in [6.45, 7) is 6.88. The molecule has 4 aromatic rings. The average Bonchev–Trinajstić information content (AvgIpc) is 3.40. The number of aromatic nitrogens is 2. The molecule has 3 heterocycles. The molecule has 43 heavy (non-hydrogen) atoms. The number of nitrogens with zero attached hydrogens (tertiary/aromatic N) is 4. The molecule has 1 aliphatic rings. The Morgan fingerprint density at radius 3 is 2.51 bits per heavy atom. The summed E-state index contributed by atoms with van der Waals surface area (Å²) in [5.41, 5.74) is 2.10. The first-order chi connectivity index (χ1) is 20.4. The SMILES string of the molecule is Cc1cc(Nc2ccc(CN3CCN(C)CC3)c(C(F)(F)F)c2)cc(Nc2ncc(C(=O)Nc3c(C)cccc3O)s2)n1. The predicted molar refractivity (Wildman–Crippen MR) is 163 cm³/mol. The fourth-order valence-electron chi connectivity index (χ4n) is 4.81. The van der Waals surface area contributed by atoms with Gasteiger partial charge in [-0.2, -0.15) is 13.2 Å². The largest absolute Gasteiger partial charge is 0.506 e. The predicted octanol–water partition coefficient (Wildman–Crippen LogP) is 6.37. The highest BCUT2D eigenvalue weighted by Crippen LogP contribution is 2.36. The van der Waals surface area contributed by atoms with Crippen LogP contribution in [0.3, 0.4) is 0 Å². The van der Waals surface area contributed by atoms with Crippen LogP contribution in [-0.2, 0) is 12.7 Å². The maximum absolute atomic E-state index is 14.1. The van der Waals surface area contributed by atoms with Gasteiger partial charge >= 0.3 is 6.18 Å². The number of aryl methyl sites for hydroxylation is 2. The smallest absolute Gasteiger partial charge is 0.416 e. The molecule has 0 bridgehead atoms. The van der Waals surface area contributed by atoms with Crippen molar-refractivity contribution in [3.63, 3.8) is 0 Å². The highest BCUT2D eigenvalue weighted by atomic mass is 32.1.